The van der Waals surface area contributed by atoms with Crippen LogP contribution in [0.25, 0.3) is 22.2 Å². The molecule has 17 heavy (non-hydrogen) atoms. The molecule has 0 amide bonds. The van der Waals surface area contributed by atoms with Gasteiger partial charge >= 0.3 is 0 Å². The summed E-state index contributed by atoms with van der Waals surface area (Å²) in [6, 6.07) is 3.89. The van der Waals surface area contributed by atoms with Crippen LogP contribution in [0.3, 0.4) is 0 Å². The molecule has 2 N–H and O–H groups in total. The van der Waals surface area contributed by atoms with Crippen molar-refractivity contribution in [3.05, 3.63) is 37.1 Å². The summed E-state index contributed by atoms with van der Waals surface area (Å²) in [7, 11) is 1.94. The molecule has 3 aromatic heterocycles. The fourth-order valence-electron chi connectivity index (χ4n) is 1.98. The predicted octanol–water partition coefficient (Wildman–Crippen LogP) is 1.61. The third-order valence-electron chi connectivity index (χ3n) is 2.77. The fourth-order valence-corrected chi connectivity index (χ4v) is 1.98. The molecule has 0 saturated heterocycles. The van der Waals surface area contributed by atoms with Crippen LogP contribution in [0.5, 0.6) is 0 Å². The van der Waals surface area contributed by atoms with E-state index in [2.05, 4.69) is 15.0 Å². The number of aromatic nitrogens is 4. The van der Waals surface area contributed by atoms with Crippen molar-refractivity contribution in [1.29, 1.82) is 0 Å². The molecule has 0 saturated carbocycles. The molecule has 0 aliphatic heterocycles. The second-order valence-electron chi connectivity index (χ2n) is 3.85. The van der Waals surface area contributed by atoms with Crippen molar-refractivity contribution in [3.63, 3.8) is 0 Å². The summed E-state index contributed by atoms with van der Waals surface area (Å²) in [4.78, 5) is 12.3. The Labute approximate surface area is 98.0 Å². The molecule has 5 heteroatoms. The molecular weight excluding hydrogens is 214 g/mol. The summed E-state index contributed by atoms with van der Waals surface area (Å²) in [6.07, 6.45) is 7.00. The van der Waals surface area contributed by atoms with Crippen molar-refractivity contribution in [2.75, 3.05) is 5.73 Å². The molecule has 3 heterocycles. The van der Waals surface area contributed by atoms with Crippen LogP contribution in [0.2, 0.25) is 0 Å². The zero-order valence-electron chi connectivity index (χ0n) is 9.33. The third-order valence-corrected chi connectivity index (χ3v) is 2.77. The highest BCUT2D eigenvalue weighted by Gasteiger charge is 2.12. The van der Waals surface area contributed by atoms with Gasteiger partial charge in [0.1, 0.15) is 17.8 Å². The molecule has 84 valence electrons. The lowest BCUT2D eigenvalue weighted by atomic mass is 10.1. The van der Waals surface area contributed by atoms with E-state index in [0.717, 1.165) is 22.2 Å². The van der Waals surface area contributed by atoms with Gasteiger partial charge in [0.2, 0.25) is 0 Å². The predicted molar refractivity (Wildman–Crippen MR) is 66.2 cm³/mol. The Balaban J connectivity index is 2.38. The van der Waals surface area contributed by atoms with E-state index in [4.69, 9.17) is 5.73 Å². The van der Waals surface area contributed by atoms with Gasteiger partial charge in [-0.1, -0.05) is 0 Å². The van der Waals surface area contributed by atoms with Gasteiger partial charge in [0, 0.05) is 31.2 Å². The Morgan fingerprint density at radius 1 is 1.18 bits per heavy atom. The van der Waals surface area contributed by atoms with Gasteiger partial charge < -0.3 is 10.3 Å². The summed E-state index contributed by atoms with van der Waals surface area (Å²) in [6.45, 7) is 0. The lowest BCUT2D eigenvalue weighted by Gasteiger charge is -2.00. The molecule has 0 aromatic carbocycles. The number of nitrogens with two attached hydrogens (primary N) is 1. The molecule has 3 rings (SSSR count). The van der Waals surface area contributed by atoms with Gasteiger partial charge in [-0.2, -0.15) is 0 Å². The number of pyridine rings is 1. The highest BCUT2D eigenvalue weighted by Crippen LogP contribution is 2.31. The van der Waals surface area contributed by atoms with Gasteiger partial charge in [0.15, 0.2) is 0 Å². The Morgan fingerprint density at radius 3 is 2.71 bits per heavy atom. The first-order valence-electron chi connectivity index (χ1n) is 5.23. The lowest BCUT2D eigenvalue weighted by Crippen LogP contribution is -1.94. The Morgan fingerprint density at radius 2 is 1.94 bits per heavy atom. The summed E-state index contributed by atoms with van der Waals surface area (Å²) < 4.78 is 1.95. The van der Waals surface area contributed by atoms with Crippen LogP contribution in [-0.4, -0.2) is 19.5 Å². The van der Waals surface area contributed by atoms with Crippen molar-refractivity contribution in [1.82, 2.24) is 19.5 Å². The smallest absolute Gasteiger partial charge is 0.145 e. The highest BCUT2D eigenvalue weighted by atomic mass is 15.0. The van der Waals surface area contributed by atoms with Gasteiger partial charge in [-0.25, -0.2) is 9.97 Å². The fraction of sp³-hybridized carbons (Fsp3) is 0.0833. The van der Waals surface area contributed by atoms with Crippen LogP contribution in [0.4, 0.5) is 5.82 Å². The molecule has 0 radical (unpaired) electrons. The summed E-state index contributed by atoms with van der Waals surface area (Å²) in [5.74, 6) is 0.502. The summed E-state index contributed by atoms with van der Waals surface area (Å²) in [5.41, 5.74) is 8.86. The van der Waals surface area contributed by atoms with E-state index in [9.17, 15) is 0 Å². The number of anilines is 1. The zero-order valence-corrected chi connectivity index (χ0v) is 9.33. The first kappa shape index (κ1) is 9.77. The van der Waals surface area contributed by atoms with Crippen LogP contribution in [0.15, 0.2) is 37.1 Å². The standard InChI is InChI=1S/C12H11N5/c1-17-6-9(8-2-4-14-5-3-8)10-11(13)15-7-16-12(10)17/h2-7H,1H3,(H2,13,15,16). The summed E-state index contributed by atoms with van der Waals surface area (Å²) in [5, 5.41) is 0.890. The van der Waals surface area contributed by atoms with E-state index in [0.29, 0.717) is 5.82 Å². The van der Waals surface area contributed by atoms with Gasteiger partial charge in [-0.05, 0) is 17.7 Å². The molecule has 0 unspecified atom stereocenters. The van der Waals surface area contributed by atoms with Crippen molar-refractivity contribution in [3.8, 4) is 11.1 Å². The number of aryl methyl sites for hydroxylation is 1. The SMILES string of the molecule is Cn1cc(-c2ccncc2)c2c(N)ncnc21. The van der Waals surface area contributed by atoms with E-state index in [1.165, 1.54) is 6.33 Å². The van der Waals surface area contributed by atoms with E-state index < -0.39 is 0 Å². The Bertz CT molecular complexity index is 672. The average molecular weight is 225 g/mol. The van der Waals surface area contributed by atoms with Gasteiger partial charge in [0.25, 0.3) is 0 Å². The molecule has 0 aliphatic carbocycles. The minimum Gasteiger partial charge on any atom is -0.383 e. The second kappa shape index (κ2) is 3.55. The third kappa shape index (κ3) is 1.44. The molecule has 3 aromatic rings. The van der Waals surface area contributed by atoms with Gasteiger partial charge in [0.05, 0.1) is 5.39 Å². The topological polar surface area (TPSA) is 69.6 Å². The molecule has 5 nitrogen and oxygen atoms in total. The van der Waals surface area contributed by atoms with Crippen molar-refractivity contribution in [2.24, 2.45) is 7.05 Å². The van der Waals surface area contributed by atoms with Crippen LogP contribution < -0.4 is 5.73 Å². The molecule has 0 spiro atoms. The van der Waals surface area contributed by atoms with Crippen molar-refractivity contribution in [2.45, 2.75) is 0 Å². The molecular formula is C12H11N5. The number of nitrogens with zero attached hydrogens (tertiary/aromatic N) is 4. The van der Waals surface area contributed by atoms with Crippen LogP contribution in [0, 0.1) is 0 Å². The minimum absolute atomic E-state index is 0.502. The van der Waals surface area contributed by atoms with Gasteiger partial charge in [-0.15, -0.1) is 0 Å². The highest BCUT2D eigenvalue weighted by molar-refractivity contribution is 6.00. The number of nitrogen functional groups attached to an aromatic ring is 1. The summed E-state index contributed by atoms with van der Waals surface area (Å²) >= 11 is 0. The molecule has 0 aliphatic rings. The number of hydrogen-bond acceptors (Lipinski definition) is 4. The Hall–Kier alpha value is -2.43. The van der Waals surface area contributed by atoms with Gasteiger partial charge in [-0.3, -0.25) is 4.98 Å². The maximum atomic E-state index is 5.93. The first-order valence-corrected chi connectivity index (χ1v) is 5.23. The van der Waals surface area contributed by atoms with Crippen molar-refractivity contribution >= 4 is 16.9 Å². The van der Waals surface area contributed by atoms with Crippen LogP contribution >= 0.6 is 0 Å². The number of hydrogen-bond donors (Lipinski definition) is 1. The van der Waals surface area contributed by atoms with E-state index in [-0.39, 0.29) is 0 Å². The van der Waals surface area contributed by atoms with E-state index in [1.54, 1.807) is 12.4 Å². The van der Waals surface area contributed by atoms with Crippen LogP contribution in [-0.2, 0) is 7.05 Å². The quantitative estimate of drug-likeness (QED) is 0.683. The maximum absolute atomic E-state index is 5.93. The maximum Gasteiger partial charge on any atom is 0.145 e. The van der Waals surface area contributed by atoms with E-state index in [1.807, 2.05) is 29.9 Å². The molecule has 0 bridgehead atoms. The first-order chi connectivity index (χ1) is 8.27. The zero-order chi connectivity index (χ0) is 11.8. The molecule has 0 atom stereocenters. The minimum atomic E-state index is 0.502. The Kier molecular flexibility index (Phi) is 2.04. The number of rotatable bonds is 1. The lowest BCUT2D eigenvalue weighted by molar-refractivity contribution is 0.945. The monoisotopic (exact) mass is 225 g/mol. The van der Waals surface area contributed by atoms with Crippen LogP contribution in [0.1, 0.15) is 0 Å². The number of fused-ring (bicyclic) bond motifs is 1. The molecule has 0 fully saturated rings. The average Bonchev–Trinajstić information content (AvgIpc) is 2.70. The normalized spacial score (nSPS) is 10.9. The second-order valence-corrected chi connectivity index (χ2v) is 3.85. The van der Waals surface area contributed by atoms with E-state index >= 15 is 0 Å². The van der Waals surface area contributed by atoms with Crippen molar-refractivity contribution < 1.29 is 0 Å². The largest absolute Gasteiger partial charge is 0.383 e.